The van der Waals surface area contributed by atoms with Crippen molar-refractivity contribution in [3.05, 3.63) is 60.7 Å². The van der Waals surface area contributed by atoms with Crippen molar-refractivity contribution in [3.63, 3.8) is 0 Å². The third-order valence-electron chi connectivity index (χ3n) is 6.80. The Balaban J connectivity index is 1.49. The second-order valence-corrected chi connectivity index (χ2v) is 9.98. The van der Waals surface area contributed by atoms with E-state index >= 15 is 4.39 Å². The van der Waals surface area contributed by atoms with Crippen LogP contribution in [0.4, 0.5) is 10.2 Å². The minimum Gasteiger partial charge on any atom is -0.492 e. The normalized spacial score (nSPS) is 15.3. The van der Waals surface area contributed by atoms with E-state index in [2.05, 4.69) is 20.4 Å². The summed E-state index contributed by atoms with van der Waals surface area (Å²) in [5.74, 6) is 0.270. The summed E-state index contributed by atoms with van der Waals surface area (Å²) in [5.41, 5.74) is 2.19. The van der Waals surface area contributed by atoms with Gasteiger partial charge in [-0.2, -0.15) is 10.4 Å². The van der Waals surface area contributed by atoms with Gasteiger partial charge in [-0.25, -0.2) is 18.9 Å². The molecule has 5 rings (SSSR count). The maximum Gasteiger partial charge on any atom is 0.236 e. The Hall–Kier alpha value is -4.56. The lowest BCUT2D eigenvalue weighted by Crippen LogP contribution is -2.45. The summed E-state index contributed by atoms with van der Waals surface area (Å²) in [7, 11) is 3.96. The molecule has 1 N–H and O–H groups in total. The van der Waals surface area contributed by atoms with Crippen molar-refractivity contribution in [1.82, 2.24) is 29.4 Å². The van der Waals surface area contributed by atoms with Gasteiger partial charge in [-0.3, -0.25) is 4.79 Å². The second kappa shape index (κ2) is 12.1. The number of likely N-dealkylation sites (N-methyl/N-ethyl adjacent to an activating group) is 1. The quantitative estimate of drug-likeness (QED) is 0.340. The number of nitrogens with zero attached hydrogens (tertiary/aromatic N) is 7. The summed E-state index contributed by atoms with van der Waals surface area (Å²) in [4.78, 5) is 25.2. The molecule has 0 aliphatic carbocycles. The molecule has 10 nitrogen and oxygen atoms in total. The SMILES string of the molecule is CN(C)CCOc1ccc(-c2nc(-c3cnn4ccccc34)nc(NC3CCCN(C(=O)CC#N)C3)c2F)cc1. The van der Waals surface area contributed by atoms with Crippen LogP contribution in [-0.4, -0.2) is 81.7 Å². The van der Waals surface area contributed by atoms with E-state index in [1.165, 1.54) is 0 Å². The van der Waals surface area contributed by atoms with Crippen LogP contribution in [0.2, 0.25) is 0 Å². The molecule has 1 amide bonds. The fourth-order valence-corrected chi connectivity index (χ4v) is 4.71. The van der Waals surface area contributed by atoms with Crippen LogP contribution >= 0.6 is 0 Å². The monoisotopic (exact) mass is 542 g/mol. The summed E-state index contributed by atoms with van der Waals surface area (Å²) in [6, 6.07) is 14.5. The molecule has 1 fully saturated rings. The minimum absolute atomic E-state index is 0.0566. The Labute approximate surface area is 232 Å². The summed E-state index contributed by atoms with van der Waals surface area (Å²) in [5, 5.41) is 16.5. The number of nitrogens with one attached hydrogen (secondary N) is 1. The van der Waals surface area contributed by atoms with Crippen molar-refractivity contribution in [1.29, 1.82) is 5.26 Å². The molecule has 1 aliphatic rings. The average Bonchev–Trinajstić information content (AvgIpc) is 3.39. The van der Waals surface area contributed by atoms with Crippen LogP contribution in [0.1, 0.15) is 19.3 Å². The standard InChI is InChI=1S/C29H31FN8O2/c1-36(2)16-17-40-22-10-8-20(9-11-22)27-26(30)29(33-21-6-5-14-37(19-21)25(39)12-13-31)35-28(34-27)23-18-32-38-15-4-3-7-24(23)38/h3-4,7-11,15,18,21H,5-6,12,14,16-17,19H2,1-2H3,(H,33,34,35). The number of anilines is 1. The van der Waals surface area contributed by atoms with Crippen molar-refractivity contribution < 1.29 is 13.9 Å². The van der Waals surface area contributed by atoms with E-state index in [4.69, 9.17) is 10.00 Å². The van der Waals surface area contributed by atoms with Crippen molar-refractivity contribution in [3.8, 4) is 34.5 Å². The van der Waals surface area contributed by atoms with Gasteiger partial charge in [0, 0.05) is 37.4 Å². The Bertz CT molecular complexity index is 1530. The number of hydrogen-bond donors (Lipinski definition) is 1. The molecule has 1 atom stereocenters. The fraction of sp³-hybridized carbons (Fsp3) is 0.345. The van der Waals surface area contributed by atoms with Crippen LogP contribution in [0.15, 0.2) is 54.9 Å². The molecule has 11 heteroatoms. The number of piperidine rings is 1. The van der Waals surface area contributed by atoms with Crippen molar-refractivity contribution >= 4 is 17.2 Å². The fourth-order valence-electron chi connectivity index (χ4n) is 4.71. The smallest absolute Gasteiger partial charge is 0.236 e. The highest BCUT2D eigenvalue weighted by Gasteiger charge is 2.26. The van der Waals surface area contributed by atoms with E-state index in [0.29, 0.717) is 42.4 Å². The molecule has 4 aromatic rings. The van der Waals surface area contributed by atoms with Gasteiger partial charge in [-0.15, -0.1) is 0 Å². The Morgan fingerprint density at radius 2 is 2.05 bits per heavy atom. The van der Waals surface area contributed by atoms with Crippen LogP contribution in [0.5, 0.6) is 5.75 Å². The number of hydrogen-bond acceptors (Lipinski definition) is 8. The predicted molar refractivity (Wildman–Crippen MR) is 149 cm³/mol. The maximum atomic E-state index is 16.0. The molecule has 4 heterocycles. The lowest BCUT2D eigenvalue weighted by molar-refractivity contribution is -0.131. The molecule has 0 radical (unpaired) electrons. The average molecular weight is 543 g/mol. The van der Waals surface area contributed by atoms with Crippen molar-refractivity contribution in [2.75, 3.05) is 45.7 Å². The van der Waals surface area contributed by atoms with Crippen LogP contribution in [0, 0.1) is 17.1 Å². The number of halogens is 1. The zero-order valence-corrected chi connectivity index (χ0v) is 22.5. The number of ether oxygens (including phenoxy) is 1. The van der Waals surface area contributed by atoms with E-state index in [1.807, 2.05) is 49.5 Å². The van der Waals surface area contributed by atoms with Gasteiger partial charge in [0.1, 0.15) is 24.5 Å². The molecular formula is C29H31FN8O2. The third-order valence-corrected chi connectivity index (χ3v) is 6.80. The molecule has 0 saturated carbocycles. The number of carbonyl (C=O) groups is 1. The van der Waals surface area contributed by atoms with Gasteiger partial charge in [0.2, 0.25) is 5.91 Å². The Morgan fingerprint density at radius 1 is 1.23 bits per heavy atom. The highest BCUT2D eigenvalue weighted by molar-refractivity contribution is 5.79. The zero-order chi connectivity index (χ0) is 28.1. The number of pyridine rings is 1. The first-order valence-corrected chi connectivity index (χ1v) is 13.2. The van der Waals surface area contributed by atoms with Gasteiger partial charge < -0.3 is 19.9 Å². The maximum absolute atomic E-state index is 16.0. The first kappa shape index (κ1) is 27.0. The summed E-state index contributed by atoms with van der Waals surface area (Å²) < 4.78 is 23.6. The van der Waals surface area contributed by atoms with Crippen LogP contribution in [0.3, 0.4) is 0 Å². The highest BCUT2D eigenvalue weighted by Crippen LogP contribution is 2.32. The number of fused-ring (bicyclic) bond motifs is 1. The number of benzene rings is 1. The van der Waals surface area contributed by atoms with Gasteiger partial charge in [0.25, 0.3) is 0 Å². The van der Waals surface area contributed by atoms with Crippen LogP contribution in [0.25, 0.3) is 28.2 Å². The molecule has 3 aromatic heterocycles. The first-order valence-electron chi connectivity index (χ1n) is 13.2. The Kier molecular flexibility index (Phi) is 8.17. The van der Waals surface area contributed by atoms with Gasteiger partial charge in [0.15, 0.2) is 17.5 Å². The van der Waals surface area contributed by atoms with E-state index in [9.17, 15) is 4.79 Å². The molecule has 206 valence electrons. The number of carbonyl (C=O) groups excluding carboxylic acids is 1. The largest absolute Gasteiger partial charge is 0.492 e. The number of nitriles is 1. The van der Waals surface area contributed by atoms with Gasteiger partial charge in [-0.1, -0.05) is 6.07 Å². The van der Waals surface area contributed by atoms with E-state index in [1.54, 1.807) is 39.9 Å². The highest BCUT2D eigenvalue weighted by atomic mass is 19.1. The lowest BCUT2D eigenvalue weighted by Gasteiger charge is -2.33. The number of amides is 1. The summed E-state index contributed by atoms with van der Waals surface area (Å²) in [6.07, 6.45) is 4.80. The molecule has 0 spiro atoms. The van der Waals surface area contributed by atoms with Crippen LogP contribution < -0.4 is 10.1 Å². The molecule has 1 aliphatic heterocycles. The Morgan fingerprint density at radius 3 is 2.83 bits per heavy atom. The molecule has 0 bridgehead atoms. The topological polar surface area (TPSA) is 112 Å². The van der Waals surface area contributed by atoms with Gasteiger partial charge >= 0.3 is 0 Å². The number of aromatic nitrogens is 4. The summed E-state index contributed by atoms with van der Waals surface area (Å²) in [6.45, 7) is 2.26. The number of likely N-dealkylation sites (tertiary alicyclic amines) is 1. The molecular weight excluding hydrogens is 511 g/mol. The minimum atomic E-state index is -0.582. The molecule has 40 heavy (non-hydrogen) atoms. The molecule has 1 saturated heterocycles. The zero-order valence-electron chi connectivity index (χ0n) is 22.5. The van der Waals surface area contributed by atoms with E-state index < -0.39 is 5.82 Å². The molecule has 1 unspecified atom stereocenters. The molecule has 1 aromatic carbocycles. The number of rotatable bonds is 9. The summed E-state index contributed by atoms with van der Waals surface area (Å²) >= 11 is 0. The van der Waals surface area contributed by atoms with Gasteiger partial charge in [-0.05, 0) is 63.3 Å². The van der Waals surface area contributed by atoms with Crippen LogP contribution in [-0.2, 0) is 4.79 Å². The van der Waals surface area contributed by atoms with E-state index in [0.717, 1.165) is 24.9 Å². The third kappa shape index (κ3) is 6.02. The first-order chi connectivity index (χ1) is 19.4. The lowest BCUT2D eigenvalue weighted by atomic mass is 10.0. The van der Waals surface area contributed by atoms with E-state index in [-0.39, 0.29) is 29.9 Å². The van der Waals surface area contributed by atoms with Crippen molar-refractivity contribution in [2.45, 2.75) is 25.3 Å². The van der Waals surface area contributed by atoms with Crippen molar-refractivity contribution in [2.24, 2.45) is 0 Å². The predicted octanol–water partition coefficient (Wildman–Crippen LogP) is 3.85. The second-order valence-electron chi connectivity index (χ2n) is 9.98. The van der Waals surface area contributed by atoms with Gasteiger partial charge in [0.05, 0.1) is 23.3 Å².